The Morgan fingerprint density at radius 3 is 2.82 bits per heavy atom. The maximum atomic E-state index is 3.85. The lowest BCUT2D eigenvalue weighted by Gasteiger charge is -1.88. The lowest BCUT2D eigenvalue weighted by molar-refractivity contribution is 0.937. The van der Waals surface area contributed by atoms with Crippen molar-refractivity contribution in [3.8, 4) is 11.4 Å². The largest absolute Gasteiger partial charge is 0.265 e. The first-order valence-electron chi connectivity index (χ1n) is 3.11. The van der Waals surface area contributed by atoms with Crippen molar-refractivity contribution in [2.24, 2.45) is 0 Å². The molecule has 0 saturated carbocycles. The third kappa shape index (κ3) is 1.07. The molecule has 0 spiro atoms. The summed E-state index contributed by atoms with van der Waals surface area (Å²) in [5, 5.41) is 17.5. The molecule has 1 N–H and O–H groups in total. The van der Waals surface area contributed by atoms with E-state index in [9.17, 15) is 0 Å². The highest BCUT2D eigenvalue weighted by atomic mass is 15.3. The predicted octanol–water partition coefficient (Wildman–Crippen LogP) is 0.262. The molecule has 2 aromatic heterocycles. The molecule has 5 nitrogen and oxygen atoms in total. The average Bonchev–Trinajstić information content (AvgIpc) is 2.58. The number of nitrogens with zero attached hydrogens (tertiary/aromatic N) is 4. The van der Waals surface area contributed by atoms with Gasteiger partial charge in [-0.15, -0.1) is 10.2 Å². The maximum Gasteiger partial charge on any atom is 0.133 e. The summed E-state index contributed by atoms with van der Waals surface area (Å²) in [6, 6.07) is 3.63. The fraction of sp³-hybridized carbons (Fsp3) is 0. The van der Waals surface area contributed by atoms with Crippen LogP contribution in [0.25, 0.3) is 11.4 Å². The molecule has 0 bridgehead atoms. The molecule has 0 radical (unpaired) electrons. The minimum absolute atomic E-state index is 0.707. The predicted molar refractivity (Wildman–Crippen MR) is 37.4 cm³/mol. The van der Waals surface area contributed by atoms with Crippen LogP contribution in [-0.4, -0.2) is 25.6 Å². The summed E-state index contributed by atoms with van der Waals surface area (Å²) in [7, 11) is 0. The highest BCUT2D eigenvalue weighted by Gasteiger charge is 1.99. The van der Waals surface area contributed by atoms with Crippen LogP contribution in [0.5, 0.6) is 0 Å². The van der Waals surface area contributed by atoms with Gasteiger partial charge in [-0.3, -0.25) is 5.10 Å². The van der Waals surface area contributed by atoms with E-state index >= 15 is 0 Å². The van der Waals surface area contributed by atoms with Crippen LogP contribution in [0.3, 0.4) is 0 Å². The molecule has 0 amide bonds. The van der Waals surface area contributed by atoms with Crippen molar-refractivity contribution in [1.29, 1.82) is 0 Å². The van der Waals surface area contributed by atoms with E-state index in [2.05, 4.69) is 25.6 Å². The van der Waals surface area contributed by atoms with E-state index in [-0.39, 0.29) is 0 Å². The summed E-state index contributed by atoms with van der Waals surface area (Å²) < 4.78 is 0. The number of H-pyrrole nitrogens is 1. The number of hydrogen-bond donors (Lipinski definition) is 1. The molecule has 0 aromatic carbocycles. The summed E-state index contributed by atoms with van der Waals surface area (Å²) in [6.45, 7) is 0. The van der Waals surface area contributed by atoms with E-state index < -0.39 is 0 Å². The van der Waals surface area contributed by atoms with Crippen molar-refractivity contribution >= 4 is 0 Å². The molecule has 0 fully saturated rings. The molecular weight excluding hydrogens is 142 g/mol. The topological polar surface area (TPSA) is 67.3 Å². The van der Waals surface area contributed by atoms with Crippen LogP contribution >= 0.6 is 0 Å². The van der Waals surface area contributed by atoms with Crippen LogP contribution in [0, 0.1) is 0 Å². The molecule has 2 heterocycles. The Labute approximate surface area is 62.5 Å². The highest BCUT2D eigenvalue weighted by Crippen LogP contribution is 2.08. The Bertz CT molecular complexity index is 314. The minimum atomic E-state index is 0.707. The number of aromatic nitrogens is 5. The Kier molecular flexibility index (Phi) is 1.33. The normalized spacial score (nSPS) is 9.82. The molecule has 0 atom stereocenters. The Morgan fingerprint density at radius 1 is 1.18 bits per heavy atom. The average molecular weight is 147 g/mol. The van der Waals surface area contributed by atoms with Crippen molar-refractivity contribution in [3.63, 3.8) is 0 Å². The molecule has 0 unspecified atom stereocenters. The zero-order chi connectivity index (χ0) is 7.52. The first-order valence-corrected chi connectivity index (χ1v) is 3.11. The van der Waals surface area contributed by atoms with Crippen LogP contribution in [0.1, 0.15) is 0 Å². The van der Waals surface area contributed by atoms with Gasteiger partial charge < -0.3 is 0 Å². The summed E-state index contributed by atoms with van der Waals surface area (Å²) in [5.74, 6) is 0. The molecule has 0 aliphatic heterocycles. The van der Waals surface area contributed by atoms with Gasteiger partial charge in [0.25, 0.3) is 0 Å². The van der Waals surface area contributed by atoms with E-state index in [4.69, 9.17) is 0 Å². The van der Waals surface area contributed by atoms with Crippen molar-refractivity contribution in [3.05, 3.63) is 24.5 Å². The molecule has 2 rings (SSSR count). The van der Waals surface area contributed by atoms with E-state index in [0.29, 0.717) is 5.69 Å². The van der Waals surface area contributed by atoms with E-state index in [0.717, 1.165) is 5.69 Å². The van der Waals surface area contributed by atoms with Crippen LogP contribution in [0.15, 0.2) is 24.5 Å². The summed E-state index contributed by atoms with van der Waals surface area (Å²) in [4.78, 5) is 0. The third-order valence-electron chi connectivity index (χ3n) is 1.25. The number of nitrogens with one attached hydrogen (secondary N) is 1. The zero-order valence-corrected chi connectivity index (χ0v) is 5.60. The Balaban J connectivity index is 2.46. The van der Waals surface area contributed by atoms with Crippen LogP contribution in [0.2, 0.25) is 0 Å². The van der Waals surface area contributed by atoms with Crippen LogP contribution in [-0.2, 0) is 0 Å². The fourth-order valence-electron chi connectivity index (χ4n) is 0.765. The third-order valence-corrected chi connectivity index (χ3v) is 1.25. The van der Waals surface area contributed by atoms with Gasteiger partial charge >= 0.3 is 0 Å². The van der Waals surface area contributed by atoms with Crippen LogP contribution < -0.4 is 0 Å². The van der Waals surface area contributed by atoms with Gasteiger partial charge in [0.05, 0.1) is 6.20 Å². The molecular formula is C6H5N5. The molecule has 54 valence electrons. The maximum absolute atomic E-state index is 3.85. The van der Waals surface area contributed by atoms with Crippen molar-refractivity contribution in [2.75, 3.05) is 0 Å². The standard InChI is InChI=1S/C6H5N5/c1-2-5(9-7-3-1)6-4-8-11-10-6/h1-4H,(H,8,10,11). The Morgan fingerprint density at radius 2 is 2.18 bits per heavy atom. The fourth-order valence-corrected chi connectivity index (χ4v) is 0.765. The lowest BCUT2D eigenvalue weighted by Crippen LogP contribution is -1.84. The van der Waals surface area contributed by atoms with Gasteiger partial charge in [0, 0.05) is 6.20 Å². The Hall–Kier alpha value is -1.78. The second kappa shape index (κ2) is 2.45. The first kappa shape index (κ1) is 5.96. The number of hydrogen-bond acceptors (Lipinski definition) is 4. The minimum Gasteiger partial charge on any atom is -0.265 e. The van der Waals surface area contributed by atoms with E-state index in [1.54, 1.807) is 18.5 Å². The van der Waals surface area contributed by atoms with E-state index in [1.165, 1.54) is 0 Å². The molecule has 0 aliphatic rings. The molecule has 11 heavy (non-hydrogen) atoms. The highest BCUT2D eigenvalue weighted by molar-refractivity contribution is 5.50. The second-order valence-electron chi connectivity index (χ2n) is 1.97. The lowest BCUT2D eigenvalue weighted by atomic mass is 10.3. The quantitative estimate of drug-likeness (QED) is 0.628. The summed E-state index contributed by atoms with van der Waals surface area (Å²) >= 11 is 0. The molecule has 0 aliphatic carbocycles. The second-order valence-corrected chi connectivity index (χ2v) is 1.97. The number of aromatic amines is 1. The van der Waals surface area contributed by atoms with Gasteiger partial charge in [-0.05, 0) is 12.1 Å². The van der Waals surface area contributed by atoms with Crippen molar-refractivity contribution in [2.45, 2.75) is 0 Å². The SMILES string of the molecule is c1cnnc(-c2c[nH]nn2)c1. The van der Waals surface area contributed by atoms with Crippen molar-refractivity contribution in [1.82, 2.24) is 25.6 Å². The summed E-state index contributed by atoms with van der Waals surface area (Å²) in [6.07, 6.45) is 3.29. The van der Waals surface area contributed by atoms with Gasteiger partial charge in [-0.1, -0.05) is 5.21 Å². The van der Waals surface area contributed by atoms with Crippen molar-refractivity contribution < 1.29 is 0 Å². The van der Waals surface area contributed by atoms with Gasteiger partial charge in [0.1, 0.15) is 11.4 Å². The van der Waals surface area contributed by atoms with Gasteiger partial charge in [-0.25, -0.2) is 0 Å². The van der Waals surface area contributed by atoms with Gasteiger partial charge in [0.15, 0.2) is 0 Å². The van der Waals surface area contributed by atoms with Gasteiger partial charge in [0.2, 0.25) is 0 Å². The molecule has 5 heteroatoms. The van der Waals surface area contributed by atoms with Crippen LogP contribution in [0.4, 0.5) is 0 Å². The smallest absolute Gasteiger partial charge is 0.133 e. The molecule has 2 aromatic rings. The van der Waals surface area contributed by atoms with Gasteiger partial charge in [-0.2, -0.15) is 5.10 Å². The zero-order valence-electron chi connectivity index (χ0n) is 5.60. The first-order chi connectivity index (χ1) is 5.47. The summed E-state index contributed by atoms with van der Waals surface area (Å²) in [5.41, 5.74) is 1.43. The van der Waals surface area contributed by atoms with E-state index in [1.807, 2.05) is 6.07 Å². The molecule has 0 saturated heterocycles. The number of rotatable bonds is 1. The monoisotopic (exact) mass is 147 g/mol.